The third-order valence-corrected chi connectivity index (χ3v) is 4.39. The summed E-state index contributed by atoms with van der Waals surface area (Å²) in [5, 5.41) is 3.29. The molecule has 2 aromatic carbocycles. The number of methoxy groups -OCH3 is 1. The van der Waals surface area contributed by atoms with Crippen molar-refractivity contribution < 1.29 is 23.9 Å². The number of carbonyl (C=O) groups excluding carboxylic acids is 3. The summed E-state index contributed by atoms with van der Waals surface area (Å²) in [5.41, 5.74) is 1.90. The van der Waals surface area contributed by atoms with Gasteiger partial charge in [0.2, 0.25) is 0 Å². The van der Waals surface area contributed by atoms with Gasteiger partial charge in [-0.15, -0.1) is 0 Å². The molecule has 1 amide bonds. The van der Waals surface area contributed by atoms with Crippen LogP contribution in [0, 0.1) is 6.92 Å². The van der Waals surface area contributed by atoms with E-state index in [0.29, 0.717) is 26.9 Å². The molecular weight excluding hydrogens is 393 g/mol. The first-order valence-corrected chi connectivity index (χ1v) is 8.64. The molecule has 6 nitrogen and oxygen atoms in total. The van der Waals surface area contributed by atoms with Crippen LogP contribution in [0.3, 0.4) is 0 Å². The molecule has 2 rings (SSSR count). The van der Waals surface area contributed by atoms with Crippen LogP contribution in [0.15, 0.2) is 36.4 Å². The topological polar surface area (TPSA) is 81.7 Å². The van der Waals surface area contributed by atoms with Crippen LogP contribution in [-0.4, -0.2) is 31.6 Å². The SMILES string of the molecule is COC(=O)c1ccc(C)c(NC(=O)COC(=O)Cc2c(Cl)cccc2Cl)c1. The minimum Gasteiger partial charge on any atom is -0.465 e. The van der Waals surface area contributed by atoms with Crippen molar-refractivity contribution in [2.24, 2.45) is 0 Å². The first-order chi connectivity index (χ1) is 12.8. The van der Waals surface area contributed by atoms with E-state index < -0.39 is 24.5 Å². The maximum absolute atomic E-state index is 12.0. The molecule has 0 aliphatic heterocycles. The van der Waals surface area contributed by atoms with Crippen molar-refractivity contribution >= 4 is 46.7 Å². The third kappa shape index (κ3) is 5.70. The summed E-state index contributed by atoms with van der Waals surface area (Å²) >= 11 is 12.0. The van der Waals surface area contributed by atoms with Crippen molar-refractivity contribution in [3.63, 3.8) is 0 Å². The van der Waals surface area contributed by atoms with Gasteiger partial charge in [-0.1, -0.05) is 35.3 Å². The third-order valence-electron chi connectivity index (χ3n) is 3.68. The fraction of sp³-hybridized carbons (Fsp3) is 0.211. The Morgan fingerprint density at radius 1 is 1.07 bits per heavy atom. The zero-order valence-corrected chi connectivity index (χ0v) is 16.2. The summed E-state index contributed by atoms with van der Waals surface area (Å²) in [6, 6.07) is 9.64. The zero-order chi connectivity index (χ0) is 20.0. The molecule has 0 fully saturated rings. The van der Waals surface area contributed by atoms with Crippen LogP contribution in [0.4, 0.5) is 5.69 Å². The standard InChI is InChI=1S/C19H17Cl2NO5/c1-11-6-7-12(19(25)26-2)8-16(11)22-17(23)10-27-18(24)9-13-14(20)4-3-5-15(13)21/h3-8H,9-10H2,1-2H3,(H,22,23). The molecule has 0 aliphatic rings. The van der Waals surface area contributed by atoms with Gasteiger partial charge in [-0.25, -0.2) is 4.79 Å². The number of hydrogen-bond acceptors (Lipinski definition) is 5. The van der Waals surface area contributed by atoms with Gasteiger partial charge in [0.05, 0.1) is 19.1 Å². The molecule has 0 saturated carbocycles. The predicted octanol–water partition coefficient (Wildman–Crippen LogP) is 3.81. The molecule has 2 aromatic rings. The summed E-state index contributed by atoms with van der Waals surface area (Å²) in [6.07, 6.45) is -0.150. The van der Waals surface area contributed by atoms with Crippen LogP contribution in [-0.2, 0) is 25.5 Å². The Morgan fingerprint density at radius 2 is 1.74 bits per heavy atom. The van der Waals surface area contributed by atoms with Crippen molar-refractivity contribution in [2.45, 2.75) is 13.3 Å². The lowest BCUT2D eigenvalue weighted by Gasteiger charge is -2.11. The van der Waals surface area contributed by atoms with Crippen LogP contribution in [0.2, 0.25) is 10.0 Å². The lowest BCUT2D eigenvalue weighted by atomic mass is 10.1. The highest BCUT2D eigenvalue weighted by molar-refractivity contribution is 6.36. The number of nitrogens with one attached hydrogen (secondary N) is 1. The minimum absolute atomic E-state index is 0.150. The van der Waals surface area contributed by atoms with Crippen molar-refractivity contribution in [1.82, 2.24) is 0 Å². The predicted molar refractivity (Wildman–Crippen MR) is 102 cm³/mol. The van der Waals surface area contributed by atoms with Gasteiger partial charge in [0, 0.05) is 21.3 Å². The molecular formula is C19H17Cl2NO5. The minimum atomic E-state index is -0.639. The first kappa shape index (κ1) is 20.7. The lowest BCUT2D eigenvalue weighted by Crippen LogP contribution is -2.22. The Hall–Kier alpha value is -2.57. The maximum Gasteiger partial charge on any atom is 0.337 e. The summed E-state index contributed by atoms with van der Waals surface area (Å²) in [5.74, 6) is -1.70. The molecule has 0 radical (unpaired) electrons. The van der Waals surface area contributed by atoms with E-state index in [2.05, 4.69) is 10.1 Å². The molecule has 0 spiro atoms. The molecule has 0 bridgehead atoms. The second kappa shape index (κ2) is 9.39. The molecule has 0 atom stereocenters. The van der Waals surface area contributed by atoms with Crippen molar-refractivity contribution in [3.05, 3.63) is 63.1 Å². The Kier molecular flexibility index (Phi) is 7.21. The summed E-state index contributed by atoms with van der Waals surface area (Å²) in [4.78, 5) is 35.6. The number of halogens is 2. The average molecular weight is 410 g/mol. The van der Waals surface area contributed by atoms with Crippen LogP contribution in [0.5, 0.6) is 0 Å². The molecule has 1 N–H and O–H groups in total. The van der Waals surface area contributed by atoms with Gasteiger partial charge in [-0.3, -0.25) is 9.59 Å². The molecule has 0 heterocycles. The van der Waals surface area contributed by atoms with E-state index in [1.54, 1.807) is 37.3 Å². The van der Waals surface area contributed by atoms with E-state index in [9.17, 15) is 14.4 Å². The van der Waals surface area contributed by atoms with Crippen LogP contribution < -0.4 is 5.32 Å². The number of hydrogen-bond donors (Lipinski definition) is 1. The summed E-state index contributed by atoms with van der Waals surface area (Å²) in [6.45, 7) is 1.28. The Labute approximate surface area is 166 Å². The highest BCUT2D eigenvalue weighted by atomic mass is 35.5. The smallest absolute Gasteiger partial charge is 0.337 e. The number of carbonyl (C=O) groups is 3. The van der Waals surface area contributed by atoms with Gasteiger partial charge in [0.25, 0.3) is 5.91 Å². The van der Waals surface area contributed by atoms with E-state index >= 15 is 0 Å². The van der Waals surface area contributed by atoms with E-state index in [1.165, 1.54) is 13.2 Å². The fourth-order valence-electron chi connectivity index (χ4n) is 2.23. The number of anilines is 1. The van der Waals surface area contributed by atoms with Crippen LogP contribution in [0.1, 0.15) is 21.5 Å². The van der Waals surface area contributed by atoms with Crippen molar-refractivity contribution in [2.75, 3.05) is 19.0 Å². The molecule has 8 heteroatoms. The quantitative estimate of drug-likeness (QED) is 0.733. The second-order valence-corrected chi connectivity index (χ2v) is 6.42. The number of amides is 1. The van der Waals surface area contributed by atoms with E-state index in [1.807, 2.05) is 0 Å². The van der Waals surface area contributed by atoms with E-state index in [0.717, 1.165) is 5.56 Å². The number of aryl methyl sites for hydroxylation is 1. The maximum atomic E-state index is 12.0. The summed E-state index contributed by atoms with van der Waals surface area (Å²) < 4.78 is 9.62. The lowest BCUT2D eigenvalue weighted by molar-refractivity contribution is -0.146. The average Bonchev–Trinajstić information content (AvgIpc) is 2.64. The molecule has 0 aromatic heterocycles. The highest BCUT2D eigenvalue weighted by Crippen LogP contribution is 2.25. The van der Waals surface area contributed by atoms with Crippen LogP contribution >= 0.6 is 23.2 Å². The molecule has 0 saturated heterocycles. The van der Waals surface area contributed by atoms with Gasteiger partial charge in [0.15, 0.2) is 6.61 Å². The van der Waals surface area contributed by atoms with E-state index in [4.69, 9.17) is 27.9 Å². The number of rotatable bonds is 6. The zero-order valence-electron chi connectivity index (χ0n) is 14.7. The molecule has 0 unspecified atom stereocenters. The normalized spacial score (nSPS) is 10.2. The van der Waals surface area contributed by atoms with Gasteiger partial charge in [0.1, 0.15) is 0 Å². The highest BCUT2D eigenvalue weighted by Gasteiger charge is 2.15. The summed E-state index contributed by atoms with van der Waals surface area (Å²) in [7, 11) is 1.27. The number of ether oxygens (including phenoxy) is 2. The van der Waals surface area contributed by atoms with Gasteiger partial charge >= 0.3 is 11.9 Å². The Morgan fingerprint density at radius 3 is 2.37 bits per heavy atom. The second-order valence-electron chi connectivity index (χ2n) is 5.61. The number of benzene rings is 2. The van der Waals surface area contributed by atoms with Gasteiger partial charge < -0.3 is 14.8 Å². The van der Waals surface area contributed by atoms with Crippen molar-refractivity contribution in [3.8, 4) is 0 Å². The monoisotopic (exact) mass is 409 g/mol. The Balaban J connectivity index is 1.94. The first-order valence-electron chi connectivity index (χ1n) is 7.89. The van der Waals surface area contributed by atoms with Gasteiger partial charge in [-0.2, -0.15) is 0 Å². The largest absolute Gasteiger partial charge is 0.465 e. The molecule has 142 valence electrons. The Bertz CT molecular complexity index is 862. The van der Waals surface area contributed by atoms with Crippen LogP contribution in [0.25, 0.3) is 0 Å². The molecule has 27 heavy (non-hydrogen) atoms. The van der Waals surface area contributed by atoms with E-state index in [-0.39, 0.29) is 6.42 Å². The van der Waals surface area contributed by atoms with Gasteiger partial charge in [-0.05, 0) is 36.8 Å². The molecule has 0 aliphatic carbocycles. The number of esters is 2. The van der Waals surface area contributed by atoms with Crippen molar-refractivity contribution in [1.29, 1.82) is 0 Å². The fourth-order valence-corrected chi connectivity index (χ4v) is 2.76.